The summed E-state index contributed by atoms with van der Waals surface area (Å²) in [5, 5.41) is 14.3. The summed E-state index contributed by atoms with van der Waals surface area (Å²) in [5.41, 5.74) is -0.0848. The van der Waals surface area contributed by atoms with E-state index in [1.165, 1.54) is 19.2 Å². The maximum absolute atomic E-state index is 12.5. The van der Waals surface area contributed by atoms with Gasteiger partial charge >= 0.3 is 6.09 Å². The molecule has 2 heterocycles. The lowest BCUT2D eigenvalue weighted by atomic mass is 10.2. The predicted molar refractivity (Wildman–Crippen MR) is 62.1 cm³/mol. The number of hydrogen-bond donors (Lipinski definition) is 2. The average molecular weight is 284 g/mol. The van der Waals surface area contributed by atoms with E-state index in [1.54, 1.807) is 0 Å². The van der Waals surface area contributed by atoms with Gasteiger partial charge in [-0.2, -0.15) is 4.98 Å². The Bertz CT molecular complexity index is 617. The Morgan fingerprint density at radius 1 is 1.50 bits per heavy atom. The second-order valence-corrected chi connectivity index (χ2v) is 3.90. The number of aromatic nitrogens is 3. The monoisotopic (exact) mass is 284 g/mol. The Balaban J connectivity index is 2.24. The molecule has 1 unspecified atom stereocenters. The van der Waals surface area contributed by atoms with E-state index in [0.717, 1.165) is 6.07 Å². The molecule has 0 saturated heterocycles. The SMILES string of the molecule is CC(NC(=O)O)c1nc(-c2ccnc(C(F)F)c2)no1. The zero-order valence-corrected chi connectivity index (χ0v) is 10.2. The first-order valence-electron chi connectivity index (χ1n) is 5.55. The highest BCUT2D eigenvalue weighted by Crippen LogP contribution is 2.23. The summed E-state index contributed by atoms with van der Waals surface area (Å²) in [6.07, 6.45) is -2.72. The van der Waals surface area contributed by atoms with Crippen LogP contribution in [0.2, 0.25) is 0 Å². The Kier molecular flexibility index (Phi) is 3.87. The van der Waals surface area contributed by atoms with Crippen molar-refractivity contribution < 1.29 is 23.2 Å². The van der Waals surface area contributed by atoms with Crippen molar-refractivity contribution >= 4 is 6.09 Å². The third kappa shape index (κ3) is 3.05. The number of carbonyl (C=O) groups is 1. The molecule has 0 aliphatic rings. The highest BCUT2D eigenvalue weighted by molar-refractivity contribution is 5.65. The molecule has 2 rings (SSSR count). The summed E-state index contributed by atoms with van der Waals surface area (Å²) in [6, 6.07) is 1.90. The van der Waals surface area contributed by atoms with Gasteiger partial charge in [0.1, 0.15) is 11.7 Å². The van der Waals surface area contributed by atoms with Gasteiger partial charge in [-0.05, 0) is 19.1 Å². The van der Waals surface area contributed by atoms with Crippen molar-refractivity contribution in [2.75, 3.05) is 0 Å². The number of hydrogen-bond acceptors (Lipinski definition) is 5. The van der Waals surface area contributed by atoms with Crippen LogP contribution in [0.15, 0.2) is 22.9 Å². The Morgan fingerprint density at radius 3 is 2.90 bits per heavy atom. The van der Waals surface area contributed by atoms with Crippen LogP contribution < -0.4 is 5.32 Å². The Hall–Kier alpha value is -2.58. The highest BCUT2D eigenvalue weighted by atomic mass is 19.3. The minimum absolute atomic E-state index is 0.0396. The van der Waals surface area contributed by atoms with Gasteiger partial charge in [-0.15, -0.1) is 0 Å². The van der Waals surface area contributed by atoms with Crippen molar-refractivity contribution in [1.82, 2.24) is 20.4 Å². The third-order valence-corrected chi connectivity index (χ3v) is 2.42. The fourth-order valence-electron chi connectivity index (χ4n) is 1.48. The van der Waals surface area contributed by atoms with Gasteiger partial charge in [0.2, 0.25) is 11.7 Å². The molecule has 0 saturated carbocycles. The summed E-state index contributed by atoms with van der Waals surface area (Å²) in [5.74, 6) is 0.126. The predicted octanol–water partition coefficient (Wildman–Crippen LogP) is 2.40. The fraction of sp³-hybridized carbons (Fsp3) is 0.273. The molecule has 0 spiro atoms. The van der Waals surface area contributed by atoms with E-state index < -0.39 is 24.3 Å². The van der Waals surface area contributed by atoms with E-state index >= 15 is 0 Å². The smallest absolute Gasteiger partial charge is 0.405 e. The molecule has 9 heteroatoms. The van der Waals surface area contributed by atoms with Gasteiger partial charge < -0.3 is 14.9 Å². The third-order valence-electron chi connectivity index (χ3n) is 2.42. The fourth-order valence-corrected chi connectivity index (χ4v) is 1.48. The molecule has 20 heavy (non-hydrogen) atoms. The molecule has 0 radical (unpaired) electrons. The van der Waals surface area contributed by atoms with Crippen molar-refractivity contribution in [1.29, 1.82) is 0 Å². The molecule has 1 atom stereocenters. The van der Waals surface area contributed by atoms with Gasteiger partial charge in [-0.25, -0.2) is 13.6 Å². The van der Waals surface area contributed by atoms with Crippen LogP contribution >= 0.6 is 0 Å². The maximum atomic E-state index is 12.5. The molecule has 0 aromatic carbocycles. The zero-order valence-electron chi connectivity index (χ0n) is 10.2. The van der Waals surface area contributed by atoms with E-state index in [4.69, 9.17) is 9.63 Å². The van der Waals surface area contributed by atoms with E-state index in [1.807, 2.05) is 0 Å². The van der Waals surface area contributed by atoms with Crippen LogP contribution in [0.5, 0.6) is 0 Å². The first-order chi connectivity index (χ1) is 9.47. The van der Waals surface area contributed by atoms with Crippen LogP contribution in [-0.2, 0) is 0 Å². The van der Waals surface area contributed by atoms with Crippen LogP contribution in [0.4, 0.5) is 13.6 Å². The minimum Gasteiger partial charge on any atom is -0.465 e. The number of halogens is 2. The molecule has 0 fully saturated rings. The molecular weight excluding hydrogens is 274 g/mol. The minimum atomic E-state index is -2.70. The molecule has 2 aromatic rings. The summed E-state index contributed by atoms with van der Waals surface area (Å²) in [7, 11) is 0. The number of pyridine rings is 1. The van der Waals surface area contributed by atoms with E-state index in [0.29, 0.717) is 5.56 Å². The zero-order chi connectivity index (χ0) is 14.7. The summed E-state index contributed by atoms with van der Waals surface area (Å²) in [4.78, 5) is 18.0. The molecule has 2 aromatic heterocycles. The summed E-state index contributed by atoms with van der Waals surface area (Å²) >= 11 is 0. The average Bonchev–Trinajstić information content (AvgIpc) is 2.87. The van der Waals surface area contributed by atoms with Crippen LogP contribution in [0, 0.1) is 0 Å². The number of rotatable bonds is 4. The molecule has 2 N–H and O–H groups in total. The molecule has 106 valence electrons. The topological polar surface area (TPSA) is 101 Å². The second-order valence-electron chi connectivity index (χ2n) is 3.90. The van der Waals surface area contributed by atoms with E-state index in [2.05, 4.69) is 20.4 Å². The van der Waals surface area contributed by atoms with Gasteiger partial charge in [-0.1, -0.05) is 5.16 Å². The molecule has 0 aliphatic carbocycles. The van der Waals surface area contributed by atoms with Crippen molar-refractivity contribution in [3.63, 3.8) is 0 Å². The van der Waals surface area contributed by atoms with Gasteiger partial charge in [0.15, 0.2) is 0 Å². The van der Waals surface area contributed by atoms with E-state index in [9.17, 15) is 13.6 Å². The van der Waals surface area contributed by atoms with E-state index in [-0.39, 0.29) is 11.7 Å². The van der Waals surface area contributed by atoms with Crippen molar-refractivity contribution in [3.05, 3.63) is 29.9 Å². The summed E-state index contributed by atoms with van der Waals surface area (Å²) in [6.45, 7) is 1.52. The summed E-state index contributed by atoms with van der Waals surface area (Å²) < 4.78 is 30.0. The lowest BCUT2D eigenvalue weighted by molar-refractivity contribution is 0.146. The number of alkyl halides is 2. The lowest BCUT2D eigenvalue weighted by Gasteiger charge is -2.04. The molecule has 0 aliphatic heterocycles. The number of carboxylic acid groups (broad SMARTS) is 1. The van der Waals surface area contributed by atoms with Gasteiger partial charge in [0.25, 0.3) is 6.43 Å². The number of nitrogens with one attached hydrogen (secondary N) is 1. The molecule has 7 nitrogen and oxygen atoms in total. The normalized spacial score (nSPS) is 12.4. The first-order valence-corrected chi connectivity index (χ1v) is 5.55. The Labute approximate surface area is 111 Å². The standard InChI is InChI=1S/C11H10F2N4O3/c1-5(15-11(18)19)10-16-9(17-20-10)6-2-3-14-7(4-6)8(12)13/h2-5,8,15H,1H3,(H,18,19). The van der Waals surface area contributed by atoms with Crippen LogP contribution in [0.3, 0.4) is 0 Å². The van der Waals surface area contributed by atoms with Crippen LogP contribution in [0.25, 0.3) is 11.4 Å². The van der Waals surface area contributed by atoms with Gasteiger partial charge in [0.05, 0.1) is 0 Å². The van der Waals surface area contributed by atoms with Crippen LogP contribution in [-0.4, -0.2) is 26.3 Å². The molecule has 0 bridgehead atoms. The van der Waals surface area contributed by atoms with Gasteiger partial charge in [-0.3, -0.25) is 4.98 Å². The van der Waals surface area contributed by atoms with Gasteiger partial charge in [0, 0.05) is 11.8 Å². The van der Waals surface area contributed by atoms with Crippen molar-refractivity contribution in [2.24, 2.45) is 0 Å². The lowest BCUT2D eigenvalue weighted by Crippen LogP contribution is -2.24. The maximum Gasteiger partial charge on any atom is 0.405 e. The largest absolute Gasteiger partial charge is 0.465 e. The molecule has 1 amide bonds. The van der Waals surface area contributed by atoms with Crippen molar-refractivity contribution in [2.45, 2.75) is 19.4 Å². The first kappa shape index (κ1) is 13.8. The molecular formula is C11H10F2N4O3. The second kappa shape index (κ2) is 5.59. The highest BCUT2D eigenvalue weighted by Gasteiger charge is 2.18. The Morgan fingerprint density at radius 2 is 2.25 bits per heavy atom. The van der Waals surface area contributed by atoms with Crippen LogP contribution in [0.1, 0.15) is 31.0 Å². The number of amides is 1. The quantitative estimate of drug-likeness (QED) is 0.893. The number of nitrogens with zero attached hydrogens (tertiary/aromatic N) is 3. The van der Waals surface area contributed by atoms with Crippen molar-refractivity contribution in [3.8, 4) is 11.4 Å².